The van der Waals surface area contributed by atoms with Crippen LogP contribution in [-0.2, 0) is 6.18 Å². The fourth-order valence-corrected chi connectivity index (χ4v) is 2.44. The number of halogens is 3. The maximum absolute atomic E-state index is 13.2. The molecule has 0 aliphatic rings. The van der Waals surface area contributed by atoms with E-state index in [4.69, 9.17) is 5.11 Å². The van der Waals surface area contributed by atoms with E-state index in [2.05, 4.69) is 5.10 Å². The molecule has 0 saturated heterocycles. The van der Waals surface area contributed by atoms with Gasteiger partial charge >= 0.3 is 12.1 Å². The largest absolute Gasteiger partial charge is 0.478 e. The van der Waals surface area contributed by atoms with Gasteiger partial charge in [0, 0.05) is 19.2 Å². The normalized spacial score (nSPS) is 11.4. The van der Waals surface area contributed by atoms with E-state index < -0.39 is 23.4 Å². The van der Waals surface area contributed by atoms with E-state index in [1.807, 2.05) is 6.92 Å². The third-order valence-electron chi connectivity index (χ3n) is 3.82. The number of rotatable bonds is 6. The number of aromatic nitrogens is 2. The van der Waals surface area contributed by atoms with E-state index in [-0.39, 0.29) is 11.6 Å². The molecule has 0 unspecified atom stereocenters. The number of carbonyl (C=O) groups excluding carboxylic acids is 1. The molecular weight excluding hydrogens is 351 g/mol. The van der Waals surface area contributed by atoms with Gasteiger partial charge in [-0.25, -0.2) is 9.48 Å². The molecule has 2 rings (SSSR count). The van der Waals surface area contributed by atoms with Crippen molar-refractivity contribution in [3.63, 3.8) is 0 Å². The molecule has 0 aliphatic heterocycles. The van der Waals surface area contributed by atoms with Crippen LogP contribution in [0.25, 0.3) is 5.69 Å². The van der Waals surface area contributed by atoms with Crippen LogP contribution in [0.15, 0.2) is 30.5 Å². The lowest BCUT2D eigenvalue weighted by Crippen LogP contribution is -2.27. The van der Waals surface area contributed by atoms with Gasteiger partial charge in [-0.3, -0.25) is 4.79 Å². The number of nitrogens with zero attached hydrogens (tertiary/aromatic N) is 3. The molecule has 1 aromatic heterocycles. The Bertz CT molecular complexity index is 798. The molecule has 0 bridgehead atoms. The Morgan fingerprint density at radius 1 is 1.23 bits per heavy atom. The summed E-state index contributed by atoms with van der Waals surface area (Å²) in [6.45, 7) is 2.58. The molecule has 6 nitrogen and oxygen atoms in total. The summed E-state index contributed by atoms with van der Waals surface area (Å²) in [5, 5.41) is 12.5. The van der Waals surface area contributed by atoms with Crippen molar-refractivity contribution in [1.29, 1.82) is 0 Å². The highest BCUT2D eigenvalue weighted by Gasteiger charge is 2.40. The predicted molar refractivity (Wildman–Crippen MR) is 87.4 cm³/mol. The Kier molecular flexibility index (Phi) is 5.69. The Morgan fingerprint density at radius 3 is 2.35 bits per heavy atom. The number of carboxylic acid groups (broad SMARTS) is 1. The highest BCUT2D eigenvalue weighted by atomic mass is 19.4. The van der Waals surface area contributed by atoms with Gasteiger partial charge in [-0.15, -0.1) is 0 Å². The average molecular weight is 369 g/mol. The predicted octanol–water partition coefficient (Wildman–Crippen LogP) is 3.46. The van der Waals surface area contributed by atoms with Crippen LogP contribution < -0.4 is 0 Å². The summed E-state index contributed by atoms with van der Waals surface area (Å²) in [6, 6.07) is 5.38. The highest BCUT2D eigenvalue weighted by molar-refractivity contribution is 5.94. The minimum atomic E-state index is -4.89. The second-order valence-corrected chi connectivity index (χ2v) is 5.75. The lowest BCUT2D eigenvalue weighted by atomic mass is 10.1. The number of aromatic carboxylic acids is 1. The summed E-state index contributed by atoms with van der Waals surface area (Å²) < 4.78 is 40.2. The molecule has 1 heterocycles. The summed E-state index contributed by atoms with van der Waals surface area (Å²) in [6.07, 6.45) is -2.45. The van der Waals surface area contributed by atoms with Crippen molar-refractivity contribution in [1.82, 2.24) is 14.7 Å². The number of alkyl halides is 3. The van der Waals surface area contributed by atoms with Gasteiger partial charge in [-0.05, 0) is 30.7 Å². The molecule has 1 aromatic carbocycles. The molecule has 140 valence electrons. The zero-order valence-corrected chi connectivity index (χ0v) is 14.2. The third kappa shape index (κ3) is 4.04. The first kappa shape index (κ1) is 19.5. The van der Waals surface area contributed by atoms with E-state index >= 15 is 0 Å². The van der Waals surface area contributed by atoms with E-state index in [0.717, 1.165) is 12.8 Å². The van der Waals surface area contributed by atoms with Gasteiger partial charge in [0.25, 0.3) is 5.91 Å². The van der Waals surface area contributed by atoms with Gasteiger partial charge in [-0.2, -0.15) is 18.3 Å². The van der Waals surface area contributed by atoms with Crippen LogP contribution in [0.5, 0.6) is 0 Å². The molecule has 1 N–H and O–H groups in total. The topological polar surface area (TPSA) is 75.4 Å². The average Bonchev–Trinajstić information content (AvgIpc) is 3.05. The number of benzene rings is 1. The maximum atomic E-state index is 13.2. The van der Waals surface area contributed by atoms with Crippen LogP contribution in [0.2, 0.25) is 0 Å². The summed E-state index contributed by atoms with van der Waals surface area (Å²) >= 11 is 0. The molecule has 0 radical (unpaired) electrons. The standard InChI is InChI=1S/C17H18F3N3O3/c1-3-4-9-22(2)15(24)11-5-7-12(8-6-11)23-14(17(18,19)20)13(10-21-23)16(25)26/h5-8,10H,3-4,9H2,1-2H3,(H,25,26). The SMILES string of the molecule is CCCCN(C)C(=O)c1ccc(-n2ncc(C(=O)O)c2C(F)(F)F)cc1. The number of unbranched alkanes of at least 4 members (excludes halogenated alkanes) is 1. The number of amides is 1. The van der Waals surface area contributed by atoms with E-state index in [1.165, 1.54) is 29.2 Å². The van der Waals surface area contributed by atoms with Crippen molar-refractivity contribution >= 4 is 11.9 Å². The number of carboxylic acids is 1. The lowest BCUT2D eigenvalue weighted by Gasteiger charge is -2.17. The van der Waals surface area contributed by atoms with Crippen LogP contribution in [0.1, 0.15) is 46.2 Å². The first-order chi connectivity index (χ1) is 12.2. The minimum absolute atomic E-state index is 0.0117. The zero-order chi connectivity index (χ0) is 19.5. The van der Waals surface area contributed by atoms with Crippen LogP contribution in [0.3, 0.4) is 0 Å². The molecule has 0 fully saturated rings. The molecule has 2 aromatic rings. The van der Waals surface area contributed by atoms with Gasteiger partial charge < -0.3 is 10.0 Å². The van der Waals surface area contributed by atoms with Crippen LogP contribution in [0, 0.1) is 0 Å². The summed E-state index contributed by atoms with van der Waals surface area (Å²) in [4.78, 5) is 24.8. The van der Waals surface area contributed by atoms with Crippen LogP contribution in [0.4, 0.5) is 13.2 Å². The summed E-state index contributed by atoms with van der Waals surface area (Å²) in [5.74, 6) is -1.96. The third-order valence-corrected chi connectivity index (χ3v) is 3.82. The first-order valence-electron chi connectivity index (χ1n) is 7.91. The fraction of sp³-hybridized carbons (Fsp3) is 0.353. The Balaban J connectivity index is 2.35. The number of hydrogen-bond donors (Lipinski definition) is 1. The van der Waals surface area contributed by atoms with Crippen LogP contribution in [-0.4, -0.2) is 45.3 Å². The summed E-state index contributed by atoms with van der Waals surface area (Å²) in [5.41, 5.74) is -1.97. The summed E-state index contributed by atoms with van der Waals surface area (Å²) in [7, 11) is 1.65. The molecule has 9 heteroatoms. The first-order valence-corrected chi connectivity index (χ1v) is 7.91. The molecule has 0 spiro atoms. The molecule has 1 amide bonds. The quantitative estimate of drug-likeness (QED) is 0.846. The number of carbonyl (C=O) groups is 2. The smallest absolute Gasteiger partial charge is 0.434 e. The van der Waals surface area contributed by atoms with Gasteiger partial charge in [0.05, 0.1) is 11.9 Å². The van der Waals surface area contributed by atoms with Crippen molar-refractivity contribution < 1.29 is 27.9 Å². The second-order valence-electron chi connectivity index (χ2n) is 5.75. The van der Waals surface area contributed by atoms with Gasteiger partial charge in [-0.1, -0.05) is 13.3 Å². The Hall–Kier alpha value is -2.84. The molecular formula is C17H18F3N3O3. The molecule has 0 atom stereocenters. The Labute approximate surface area is 147 Å². The second kappa shape index (κ2) is 7.59. The van der Waals surface area contributed by atoms with Crippen LogP contribution >= 0.6 is 0 Å². The lowest BCUT2D eigenvalue weighted by molar-refractivity contribution is -0.143. The van der Waals surface area contributed by atoms with Crippen molar-refractivity contribution in [2.24, 2.45) is 0 Å². The zero-order valence-electron chi connectivity index (χ0n) is 14.2. The molecule has 26 heavy (non-hydrogen) atoms. The van der Waals surface area contributed by atoms with Gasteiger partial charge in [0.1, 0.15) is 5.56 Å². The van der Waals surface area contributed by atoms with Crippen molar-refractivity contribution in [2.75, 3.05) is 13.6 Å². The van der Waals surface area contributed by atoms with Crippen molar-refractivity contribution in [2.45, 2.75) is 25.9 Å². The fourth-order valence-electron chi connectivity index (χ4n) is 2.44. The van der Waals surface area contributed by atoms with E-state index in [0.29, 0.717) is 23.0 Å². The molecule has 0 saturated carbocycles. The van der Waals surface area contributed by atoms with Gasteiger partial charge in [0.2, 0.25) is 0 Å². The van der Waals surface area contributed by atoms with E-state index in [9.17, 15) is 22.8 Å². The van der Waals surface area contributed by atoms with Gasteiger partial charge in [0.15, 0.2) is 5.69 Å². The molecule has 0 aliphatic carbocycles. The Morgan fingerprint density at radius 2 is 1.85 bits per heavy atom. The van der Waals surface area contributed by atoms with Crippen molar-refractivity contribution in [3.05, 3.63) is 47.3 Å². The van der Waals surface area contributed by atoms with E-state index in [1.54, 1.807) is 7.05 Å². The highest BCUT2D eigenvalue weighted by Crippen LogP contribution is 2.33. The maximum Gasteiger partial charge on any atom is 0.434 e. The minimum Gasteiger partial charge on any atom is -0.478 e. The number of hydrogen-bond acceptors (Lipinski definition) is 3. The van der Waals surface area contributed by atoms with Crippen molar-refractivity contribution in [3.8, 4) is 5.69 Å². The monoisotopic (exact) mass is 369 g/mol.